The Kier molecular flexibility index (Phi) is 4.62. The third kappa shape index (κ3) is 3.22. The first-order valence-electron chi connectivity index (χ1n) is 6.64. The van der Waals surface area contributed by atoms with Gasteiger partial charge in [-0.2, -0.15) is 4.31 Å². The maximum Gasteiger partial charge on any atom is 0.246 e. The molecule has 0 N–H and O–H groups in total. The highest BCUT2D eigenvalue weighted by atomic mass is 35.5. The molecule has 0 aliphatic heterocycles. The lowest BCUT2D eigenvalue weighted by atomic mass is 10.3. The highest BCUT2D eigenvalue weighted by molar-refractivity contribution is 7.89. The minimum absolute atomic E-state index is 0.0769. The van der Waals surface area contributed by atoms with E-state index in [0.29, 0.717) is 5.01 Å². The van der Waals surface area contributed by atoms with Crippen LogP contribution in [0.25, 0.3) is 10.2 Å². The summed E-state index contributed by atoms with van der Waals surface area (Å²) < 4.78 is 27.7. The van der Waals surface area contributed by atoms with Crippen molar-refractivity contribution < 1.29 is 8.42 Å². The zero-order valence-electron chi connectivity index (χ0n) is 12.0. The summed E-state index contributed by atoms with van der Waals surface area (Å²) in [6, 6.07) is 12.3. The Hall–Kier alpha value is -1.18. The van der Waals surface area contributed by atoms with Crippen LogP contribution in [-0.4, -0.2) is 24.8 Å². The van der Waals surface area contributed by atoms with Crippen LogP contribution in [0.2, 0.25) is 10.0 Å². The highest BCUT2D eigenvalue weighted by Crippen LogP contribution is 2.32. The quantitative estimate of drug-likeness (QED) is 0.666. The normalized spacial score (nSPS) is 12.2. The van der Waals surface area contributed by atoms with Crippen molar-refractivity contribution in [1.29, 1.82) is 0 Å². The Bertz CT molecular complexity index is 917. The largest absolute Gasteiger partial charge is 0.246 e. The molecule has 0 radical (unpaired) electrons. The van der Waals surface area contributed by atoms with Gasteiger partial charge in [0.15, 0.2) is 0 Å². The van der Waals surface area contributed by atoms with Gasteiger partial charge in [0, 0.05) is 7.05 Å². The number of thiazole rings is 1. The minimum atomic E-state index is -3.80. The van der Waals surface area contributed by atoms with Gasteiger partial charge in [-0.3, -0.25) is 0 Å². The average Bonchev–Trinajstić information content (AvgIpc) is 2.88. The number of rotatable bonds is 4. The van der Waals surface area contributed by atoms with E-state index in [1.54, 1.807) is 6.07 Å². The summed E-state index contributed by atoms with van der Waals surface area (Å²) in [5, 5.41) is 0.919. The van der Waals surface area contributed by atoms with E-state index >= 15 is 0 Å². The molecule has 0 atom stereocenters. The fourth-order valence-electron chi connectivity index (χ4n) is 2.15. The Balaban J connectivity index is 1.94. The number of nitrogens with zero attached hydrogens (tertiary/aromatic N) is 2. The molecule has 1 aromatic heterocycles. The second-order valence-corrected chi connectivity index (χ2v) is 8.80. The Labute approximate surface area is 148 Å². The number of aromatic nitrogens is 1. The van der Waals surface area contributed by atoms with Crippen LogP contribution in [0.5, 0.6) is 0 Å². The molecule has 0 aliphatic rings. The first-order valence-corrected chi connectivity index (χ1v) is 9.65. The summed E-state index contributed by atoms with van der Waals surface area (Å²) in [4.78, 5) is 4.37. The summed E-state index contributed by atoms with van der Waals surface area (Å²) in [6.45, 7) is 0.156. The van der Waals surface area contributed by atoms with Crippen LogP contribution in [-0.2, 0) is 16.6 Å². The van der Waals surface area contributed by atoms with Crippen LogP contribution >= 0.6 is 34.5 Å². The monoisotopic (exact) mass is 386 g/mol. The van der Waals surface area contributed by atoms with Crippen molar-refractivity contribution in [3.8, 4) is 0 Å². The highest BCUT2D eigenvalue weighted by Gasteiger charge is 2.27. The molecule has 4 nitrogen and oxygen atoms in total. The van der Waals surface area contributed by atoms with E-state index < -0.39 is 10.0 Å². The van der Waals surface area contributed by atoms with E-state index in [-0.39, 0.29) is 21.5 Å². The summed E-state index contributed by atoms with van der Waals surface area (Å²) in [6.07, 6.45) is 0. The molecular weight excluding hydrogens is 375 g/mol. The lowest BCUT2D eigenvalue weighted by Crippen LogP contribution is -2.27. The third-order valence-electron chi connectivity index (χ3n) is 3.28. The SMILES string of the molecule is CN(Cc1nc2ccccc2s1)S(=O)(=O)c1c(Cl)cccc1Cl. The van der Waals surface area contributed by atoms with Crippen LogP contribution in [0.1, 0.15) is 5.01 Å². The fourth-order valence-corrected chi connectivity index (χ4v) is 5.47. The van der Waals surface area contributed by atoms with Gasteiger partial charge in [-0.25, -0.2) is 13.4 Å². The molecule has 120 valence electrons. The number of hydrogen-bond acceptors (Lipinski definition) is 4. The van der Waals surface area contributed by atoms with E-state index in [1.165, 1.54) is 34.8 Å². The van der Waals surface area contributed by atoms with Crippen molar-refractivity contribution in [2.45, 2.75) is 11.4 Å². The van der Waals surface area contributed by atoms with Crippen LogP contribution in [0.3, 0.4) is 0 Å². The van der Waals surface area contributed by atoms with E-state index in [4.69, 9.17) is 23.2 Å². The molecule has 0 saturated heterocycles. The van der Waals surface area contributed by atoms with Crippen molar-refractivity contribution in [2.24, 2.45) is 0 Å². The predicted octanol–water partition coefficient (Wildman–Crippen LogP) is 4.42. The van der Waals surface area contributed by atoms with E-state index in [0.717, 1.165) is 10.2 Å². The molecule has 1 heterocycles. The lowest BCUT2D eigenvalue weighted by molar-refractivity contribution is 0.466. The van der Waals surface area contributed by atoms with Crippen LogP contribution < -0.4 is 0 Å². The lowest BCUT2D eigenvalue weighted by Gasteiger charge is -2.17. The standard InChI is InChI=1S/C15H12Cl2N2O2S2/c1-19(9-14-18-12-7-2-3-8-13(12)22-14)23(20,21)15-10(16)5-4-6-11(15)17/h2-8H,9H2,1H3. The number of halogens is 2. The molecule has 0 spiro atoms. The van der Waals surface area contributed by atoms with Gasteiger partial charge in [0.05, 0.1) is 26.8 Å². The third-order valence-corrected chi connectivity index (χ3v) is 7.06. The molecule has 0 unspecified atom stereocenters. The molecule has 8 heteroatoms. The van der Waals surface area contributed by atoms with Gasteiger partial charge in [0.1, 0.15) is 9.90 Å². The van der Waals surface area contributed by atoms with Crippen LogP contribution in [0, 0.1) is 0 Å². The molecule has 3 rings (SSSR count). The molecule has 0 fully saturated rings. The van der Waals surface area contributed by atoms with Crippen LogP contribution in [0.4, 0.5) is 0 Å². The number of benzene rings is 2. The maximum atomic E-state index is 12.7. The molecule has 0 aliphatic carbocycles. The second-order valence-electron chi connectivity index (χ2n) is 4.89. The molecular formula is C15H12Cl2N2O2S2. The zero-order chi connectivity index (χ0) is 16.6. The van der Waals surface area contributed by atoms with Gasteiger partial charge in [0.2, 0.25) is 10.0 Å². The molecule has 0 saturated carbocycles. The molecule has 23 heavy (non-hydrogen) atoms. The Morgan fingerprint density at radius 3 is 2.39 bits per heavy atom. The van der Waals surface area contributed by atoms with Gasteiger partial charge in [-0.1, -0.05) is 41.4 Å². The summed E-state index contributed by atoms with van der Waals surface area (Å²) in [5.74, 6) is 0. The minimum Gasteiger partial charge on any atom is -0.240 e. The average molecular weight is 387 g/mol. The number of fused-ring (bicyclic) bond motifs is 1. The van der Waals surface area contributed by atoms with Gasteiger partial charge < -0.3 is 0 Å². The first kappa shape index (κ1) is 16.7. The molecule has 3 aromatic rings. The van der Waals surface area contributed by atoms with E-state index in [1.807, 2.05) is 24.3 Å². The van der Waals surface area contributed by atoms with Gasteiger partial charge in [-0.15, -0.1) is 11.3 Å². The Morgan fingerprint density at radius 1 is 1.09 bits per heavy atom. The van der Waals surface area contributed by atoms with Crippen molar-refractivity contribution >= 4 is 54.8 Å². The molecule has 0 amide bonds. The molecule has 2 aromatic carbocycles. The zero-order valence-corrected chi connectivity index (χ0v) is 15.2. The number of sulfonamides is 1. The van der Waals surface area contributed by atoms with Crippen molar-refractivity contribution in [2.75, 3.05) is 7.05 Å². The first-order chi connectivity index (χ1) is 10.9. The summed E-state index contributed by atoms with van der Waals surface area (Å²) >= 11 is 13.5. The van der Waals surface area contributed by atoms with Crippen molar-refractivity contribution in [1.82, 2.24) is 9.29 Å². The topological polar surface area (TPSA) is 50.3 Å². The van der Waals surface area contributed by atoms with E-state index in [9.17, 15) is 8.42 Å². The van der Waals surface area contributed by atoms with E-state index in [2.05, 4.69) is 4.98 Å². The maximum absolute atomic E-state index is 12.7. The smallest absolute Gasteiger partial charge is 0.240 e. The number of hydrogen-bond donors (Lipinski definition) is 0. The van der Waals surface area contributed by atoms with Gasteiger partial charge in [-0.05, 0) is 24.3 Å². The van der Waals surface area contributed by atoms with Gasteiger partial charge in [0.25, 0.3) is 0 Å². The van der Waals surface area contributed by atoms with Crippen molar-refractivity contribution in [3.63, 3.8) is 0 Å². The summed E-state index contributed by atoms with van der Waals surface area (Å²) in [7, 11) is -2.31. The molecule has 0 bridgehead atoms. The fraction of sp³-hybridized carbons (Fsp3) is 0.133. The van der Waals surface area contributed by atoms with Crippen LogP contribution in [0.15, 0.2) is 47.4 Å². The Morgan fingerprint density at radius 2 is 1.74 bits per heavy atom. The summed E-state index contributed by atoms with van der Waals surface area (Å²) in [5.41, 5.74) is 0.856. The predicted molar refractivity (Wildman–Crippen MR) is 94.7 cm³/mol. The number of para-hydroxylation sites is 1. The van der Waals surface area contributed by atoms with Crippen molar-refractivity contribution in [3.05, 3.63) is 57.5 Å². The van der Waals surface area contributed by atoms with Gasteiger partial charge >= 0.3 is 0 Å². The second kappa shape index (κ2) is 6.37.